The predicted octanol–water partition coefficient (Wildman–Crippen LogP) is 5.22. The Bertz CT molecular complexity index is 620. The summed E-state index contributed by atoms with van der Waals surface area (Å²) in [6.45, 7) is 6.20. The van der Waals surface area contributed by atoms with E-state index in [4.69, 9.17) is 0 Å². The van der Waals surface area contributed by atoms with E-state index in [0.29, 0.717) is 0 Å². The number of aliphatic hydroxyl groups excluding tert-OH is 1. The fourth-order valence-corrected chi connectivity index (χ4v) is 3.43. The normalized spacial score (nSPS) is 12.5. The van der Waals surface area contributed by atoms with Gasteiger partial charge in [0.2, 0.25) is 0 Å². The Kier molecular flexibility index (Phi) is 4.49. The second-order valence-corrected chi connectivity index (χ2v) is 6.63. The van der Waals surface area contributed by atoms with Gasteiger partial charge in [0.25, 0.3) is 0 Å². The van der Waals surface area contributed by atoms with Crippen LogP contribution in [0.25, 0.3) is 0 Å². The lowest BCUT2D eigenvalue weighted by Crippen LogP contribution is -2.04. The van der Waals surface area contributed by atoms with Gasteiger partial charge < -0.3 is 5.11 Å². The number of rotatable bonds is 2. The Balaban J connectivity index is 2.49. The lowest BCUT2D eigenvalue weighted by Gasteiger charge is -2.17. The summed E-state index contributed by atoms with van der Waals surface area (Å²) in [7, 11) is 0. The molecule has 3 heteroatoms. The van der Waals surface area contributed by atoms with Crippen LogP contribution in [-0.2, 0) is 0 Å². The smallest absolute Gasteiger partial charge is 0.105 e. The van der Waals surface area contributed by atoms with E-state index in [2.05, 4.69) is 57.8 Å². The first-order valence-corrected chi connectivity index (χ1v) is 7.69. The fourth-order valence-electron chi connectivity index (χ4n) is 2.17. The highest BCUT2D eigenvalue weighted by Crippen LogP contribution is 2.33. The number of aliphatic hydroxyl groups is 1. The number of aryl methyl sites for hydroxylation is 3. The first-order valence-electron chi connectivity index (χ1n) is 6.11. The molecule has 1 N–H and O–H groups in total. The Morgan fingerprint density at radius 1 is 0.842 bits per heavy atom. The average Bonchev–Trinajstić information content (AvgIpc) is 2.33. The summed E-state index contributed by atoms with van der Waals surface area (Å²) in [6, 6.07) is 10.0. The van der Waals surface area contributed by atoms with Crippen LogP contribution in [0, 0.1) is 20.8 Å². The SMILES string of the molecule is Cc1cc(C)c(C(O)c2ccc(Br)cc2Br)cc1C. The van der Waals surface area contributed by atoms with Gasteiger partial charge in [-0.2, -0.15) is 0 Å². The van der Waals surface area contributed by atoms with Crippen LogP contribution in [0.1, 0.15) is 33.9 Å². The highest BCUT2D eigenvalue weighted by molar-refractivity contribution is 9.11. The standard InChI is InChI=1S/C16H16Br2O/c1-9-6-11(3)14(7-10(9)2)16(19)13-5-4-12(17)8-15(13)18/h4-8,16,19H,1-3H3. The van der Waals surface area contributed by atoms with E-state index in [1.165, 1.54) is 11.1 Å². The van der Waals surface area contributed by atoms with Crippen molar-refractivity contribution in [1.82, 2.24) is 0 Å². The highest BCUT2D eigenvalue weighted by atomic mass is 79.9. The summed E-state index contributed by atoms with van der Waals surface area (Å²) in [5.41, 5.74) is 5.42. The van der Waals surface area contributed by atoms with Crippen molar-refractivity contribution in [2.45, 2.75) is 26.9 Å². The molecule has 0 heterocycles. The molecule has 100 valence electrons. The summed E-state index contributed by atoms with van der Waals surface area (Å²) in [6.07, 6.45) is -0.609. The van der Waals surface area contributed by atoms with Crippen LogP contribution < -0.4 is 0 Å². The lowest BCUT2D eigenvalue weighted by molar-refractivity contribution is 0.218. The molecular weight excluding hydrogens is 368 g/mol. The Morgan fingerprint density at radius 2 is 1.47 bits per heavy atom. The summed E-state index contributed by atoms with van der Waals surface area (Å²) < 4.78 is 1.90. The molecule has 0 radical (unpaired) electrons. The molecule has 0 bridgehead atoms. The second-order valence-electron chi connectivity index (χ2n) is 4.86. The topological polar surface area (TPSA) is 20.2 Å². The van der Waals surface area contributed by atoms with Gasteiger partial charge in [0.05, 0.1) is 0 Å². The third kappa shape index (κ3) is 3.10. The summed E-state index contributed by atoms with van der Waals surface area (Å²) in [4.78, 5) is 0. The summed E-state index contributed by atoms with van der Waals surface area (Å²) >= 11 is 6.94. The molecule has 0 aliphatic rings. The van der Waals surface area contributed by atoms with Crippen molar-refractivity contribution in [1.29, 1.82) is 0 Å². The van der Waals surface area contributed by atoms with Gasteiger partial charge in [-0.15, -0.1) is 0 Å². The van der Waals surface area contributed by atoms with E-state index in [1.54, 1.807) is 0 Å². The van der Waals surface area contributed by atoms with Crippen molar-refractivity contribution in [2.75, 3.05) is 0 Å². The minimum atomic E-state index is -0.609. The van der Waals surface area contributed by atoms with E-state index in [9.17, 15) is 5.11 Å². The molecule has 0 saturated carbocycles. The molecule has 19 heavy (non-hydrogen) atoms. The van der Waals surface area contributed by atoms with Crippen LogP contribution in [0.4, 0.5) is 0 Å². The monoisotopic (exact) mass is 382 g/mol. The number of hydrogen-bond acceptors (Lipinski definition) is 1. The van der Waals surface area contributed by atoms with Gasteiger partial charge in [-0.1, -0.05) is 50.1 Å². The zero-order valence-corrected chi connectivity index (χ0v) is 14.3. The lowest BCUT2D eigenvalue weighted by atomic mass is 9.94. The molecule has 0 spiro atoms. The molecule has 1 nitrogen and oxygen atoms in total. The minimum absolute atomic E-state index is 0.609. The maximum absolute atomic E-state index is 10.6. The maximum atomic E-state index is 10.6. The van der Waals surface area contributed by atoms with Gasteiger partial charge in [0.15, 0.2) is 0 Å². The molecule has 1 unspecified atom stereocenters. The van der Waals surface area contributed by atoms with Crippen molar-refractivity contribution in [3.8, 4) is 0 Å². The van der Waals surface area contributed by atoms with Gasteiger partial charge in [0.1, 0.15) is 6.10 Å². The van der Waals surface area contributed by atoms with Crippen LogP contribution in [-0.4, -0.2) is 5.11 Å². The van der Waals surface area contributed by atoms with Crippen molar-refractivity contribution >= 4 is 31.9 Å². The molecule has 0 fully saturated rings. The molecule has 1 atom stereocenters. The Hall–Kier alpha value is -0.640. The summed E-state index contributed by atoms with van der Waals surface area (Å²) in [5.74, 6) is 0. The van der Waals surface area contributed by atoms with Crippen molar-refractivity contribution in [3.05, 3.63) is 67.1 Å². The number of benzene rings is 2. The van der Waals surface area contributed by atoms with Gasteiger partial charge in [0, 0.05) is 8.95 Å². The van der Waals surface area contributed by atoms with Gasteiger partial charge in [-0.25, -0.2) is 0 Å². The summed E-state index contributed by atoms with van der Waals surface area (Å²) in [5, 5.41) is 10.6. The predicted molar refractivity (Wildman–Crippen MR) is 86.6 cm³/mol. The quantitative estimate of drug-likeness (QED) is 0.753. The molecule has 0 saturated heterocycles. The first kappa shape index (κ1) is 14.8. The molecule has 0 amide bonds. The molecule has 2 aromatic rings. The van der Waals surface area contributed by atoms with Gasteiger partial charge >= 0.3 is 0 Å². The van der Waals surface area contributed by atoms with Crippen LogP contribution in [0.15, 0.2) is 39.3 Å². The van der Waals surface area contributed by atoms with Crippen LogP contribution >= 0.6 is 31.9 Å². The molecule has 0 aliphatic heterocycles. The van der Waals surface area contributed by atoms with E-state index < -0.39 is 6.10 Å². The van der Waals surface area contributed by atoms with Crippen LogP contribution in [0.2, 0.25) is 0 Å². The van der Waals surface area contributed by atoms with E-state index in [0.717, 1.165) is 25.6 Å². The van der Waals surface area contributed by atoms with Crippen LogP contribution in [0.5, 0.6) is 0 Å². The third-order valence-corrected chi connectivity index (χ3v) is 4.61. The Morgan fingerprint density at radius 3 is 2.11 bits per heavy atom. The second kappa shape index (κ2) is 5.78. The molecule has 0 aliphatic carbocycles. The maximum Gasteiger partial charge on any atom is 0.105 e. The van der Waals surface area contributed by atoms with E-state index >= 15 is 0 Å². The molecule has 2 aromatic carbocycles. The third-order valence-electron chi connectivity index (χ3n) is 3.43. The minimum Gasteiger partial charge on any atom is -0.384 e. The Labute approximate surface area is 130 Å². The highest BCUT2D eigenvalue weighted by Gasteiger charge is 2.16. The average molecular weight is 384 g/mol. The van der Waals surface area contributed by atoms with Crippen molar-refractivity contribution in [3.63, 3.8) is 0 Å². The van der Waals surface area contributed by atoms with E-state index in [1.807, 2.05) is 25.1 Å². The fraction of sp³-hybridized carbons (Fsp3) is 0.250. The largest absolute Gasteiger partial charge is 0.384 e. The molecule has 0 aromatic heterocycles. The van der Waals surface area contributed by atoms with E-state index in [-0.39, 0.29) is 0 Å². The molecular formula is C16H16Br2O. The number of halogens is 2. The number of hydrogen-bond donors (Lipinski definition) is 1. The van der Waals surface area contributed by atoms with Gasteiger partial charge in [-0.05, 0) is 60.7 Å². The van der Waals surface area contributed by atoms with Crippen LogP contribution in [0.3, 0.4) is 0 Å². The first-order chi connectivity index (χ1) is 8.90. The zero-order valence-electron chi connectivity index (χ0n) is 11.2. The zero-order chi connectivity index (χ0) is 14.2. The van der Waals surface area contributed by atoms with Crippen molar-refractivity contribution < 1.29 is 5.11 Å². The molecule has 2 rings (SSSR count). The van der Waals surface area contributed by atoms with Crippen molar-refractivity contribution in [2.24, 2.45) is 0 Å². The van der Waals surface area contributed by atoms with Gasteiger partial charge in [-0.3, -0.25) is 0 Å².